The molecule has 0 aliphatic rings. The third-order valence-corrected chi connectivity index (χ3v) is 3.48. The summed E-state index contributed by atoms with van der Waals surface area (Å²) in [6.07, 6.45) is 0. The van der Waals surface area contributed by atoms with Crippen molar-refractivity contribution in [3.8, 4) is 0 Å². The number of nitrogens with one attached hydrogen (secondary N) is 1. The lowest BCUT2D eigenvalue weighted by Gasteiger charge is -2.17. The van der Waals surface area contributed by atoms with Crippen LogP contribution >= 0.6 is 11.8 Å². The standard InChI is InChI=1S/C14H20N2O2S/c1-11(2)19-10-14(18)16(3)9-13(17)15-12-7-5-4-6-8-12/h4-8,11H,9-10H2,1-3H3,(H,15,17). The van der Waals surface area contributed by atoms with Crippen LogP contribution < -0.4 is 5.32 Å². The Hall–Kier alpha value is -1.49. The zero-order valence-corrected chi connectivity index (χ0v) is 12.4. The fraction of sp³-hybridized carbons (Fsp3) is 0.429. The summed E-state index contributed by atoms with van der Waals surface area (Å²) in [5.41, 5.74) is 0.741. The van der Waals surface area contributed by atoms with Gasteiger partial charge in [-0.2, -0.15) is 0 Å². The summed E-state index contributed by atoms with van der Waals surface area (Å²) in [5, 5.41) is 3.17. The number of thioether (sulfide) groups is 1. The zero-order valence-electron chi connectivity index (χ0n) is 11.6. The van der Waals surface area contributed by atoms with Crippen LogP contribution in [-0.4, -0.2) is 41.3 Å². The SMILES string of the molecule is CC(C)SCC(=O)N(C)CC(=O)Nc1ccccc1. The minimum absolute atomic E-state index is 0.0260. The van der Waals surface area contributed by atoms with E-state index in [-0.39, 0.29) is 18.4 Å². The number of amides is 2. The Labute approximate surface area is 118 Å². The van der Waals surface area contributed by atoms with Crippen LogP contribution in [0, 0.1) is 0 Å². The number of hydrogen-bond donors (Lipinski definition) is 1. The van der Waals surface area contributed by atoms with Gasteiger partial charge < -0.3 is 10.2 Å². The number of benzene rings is 1. The van der Waals surface area contributed by atoms with Gasteiger partial charge in [0.2, 0.25) is 11.8 Å². The van der Waals surface area contributed by atoms with Crippen molar-refractivity contribution in [3.05, 3.63) is 30.3 Å². The molecule has 5 heteroatoms. The zero-order chi connectivity index (χ0) is 14.3. The first-order valence-corrected chi connectivity index (χ1v) is 7.24. The summed E-state index contributed by atoms with van der Waals surface area (Å²) in [6, 6.07) is 9.21. The molecule has 0 radical (unpaired) electrons. The molecule has 0 saturated heterocycles. The summed E-state index contributed by atoms with van der Waals surface area (Å²) in [7, 11) is 1.65. The molecule has 0 aromatic heterocycles. The van der Waals surface area contributed by atoms with E-state index in [1.807, 2.05) is 44.2 Å². The van der Waals surface area contributed by atoms with Crippen LogP contribution in [0.1, 0.15) is 13.8 Å². The number of hydrogen-bond acceptors (Lipinski definition) is 3. The van der Waals surface area contributed by atoms with Crippen LogP contribution in [0.2, 0.25) is 0 Å². The maximum atomic E-state index is 11.8. The second-order valence-electron chi connectivity index (χ2n) is 4.52. The summed E-state index contributed by atoms with van der Waals surface area (Å²) >= 11 is 1.58. The van der Waals surface area contributed by atoms with Gasteiger partial charge in [0.05, 0.1) is 12.3 Å². The van der Waals surface area contributed by atoms with Gasteiger partial charge in [-0.15, -0.1) is 11.8 Å². The highest BCUT2D eigenvalue weighted by atomic mass is 32.2. The monoisotopic (exact) mass is 280 g/mol. The van der Waals surface area contributed by atoms with Crippen LogP contribution in [0.3, 0.4) is 0 Å². The lowest BCUT2D eigenvalue weighted by molar-refractivity contribution is -0.131. The van der Waals surface area contributed by atoms with Gasteiger partial charge >= 0.3 is 0 Å². The van der Waals surface area contributed by atoms with Gasteiger partial charge in [-0.1, -0.05) is 32.0 Å². The van der Waals surface area contributed by atoms with Crippen LogP contribution in [0.5, 0.6) is 0 Å². The second kappa shape index (κ2) is 7.84. The van der Waals surface area contributed by atoms with E-state index in [0.29, 0.717) is 11.0 Å². The molecule has 4 nitrogen and oxygen atoms in total. The summed E-state index contributed by atoms with van der Waals surface area (Å²) < 4.78 is 0. The molecule has 1 aromatic rings. The molecule has 2 amide bonds. The average Bonchev–Trinajstić information content (AvgIpc) is 2.36. The molecule has 0 heterocycles. The number of carbonyl (C=O) groups excluding carboxylic acids is 2. The van der Waals surface area contributed by atoms with Gasteiger partial charge in [0.1, 0.15) is 0 Å². The Bertz CT molecular complexity index is 421. The molecule has 0 fully saturated rings. The maximum Gasteiger partial charge on any atom is 0.243 e. The predicted molar refractivity (Wildman–Crippen MR) is 80.3 cm³/mol. The molecule has 0 saturated carbocycles. The Morgan fingerprint density at radius 3 is 2.47 bits per heavy atom. The number of carbonyl (C=O) groups is 2. The highest BCUT2D eigenvalue weighted by Crippen LogP contribution is 2.09. The maximum absolute atomic E-state index is 11.8. The molecule has 0 aliphatic heterocycles. The highest BCUT2D eigenvalue weighted by Gasteiger charge is 2.13. The fourth-order valence-corrected chi connectivity index (χ4v) is 2.07. The first-order chi connectivity index (χ1) is 8.99. The van der Waals surface area contributed by atoms with Gasteiger partial charge in [0.25, 0.3) is 0 Å². The number of para-hydroxylation sites is 1. The quantitative estimate of drug-likeness (QED) is 0.869. The highest BCUT2D eigenvalue weighted by molar-refractivity contribution is 8.00. The minimum atomic E-state index is -0.184. The van der Waals surface area contributed by atoms with Gasteiger partial charge in [-0.05, 0) is 17.4 Å². The molecule has 1 N–H and O–H groups in total. The van der Waals surface area contributed by atoms with Gasteiger partial charge in [-0.25, -0.2) is 0 Å². The van der Waals surface area contributed by atoms with E-state index >= 15 is 0 Å². The van der Waals surface area contributed by atoms with E-state index in [4.69, 9.17) is 0 Å². The Morgan fingerprint density at radius 2 is 1.89 bits per heavy atom. The van der Waals surface area contributed by atoms with Crippen LogP contribution in [0.4, 0.5) is 5.69 Å². The molecule has 0 aliphatic carbocycles. The van der Waals surface area contributed by atoms with Crippen molar-refractivity contribution in [3.63, 3.8) is 0 Å². The Kier molecular flexibility index (Phi) is 6.42. The third kappa shape index (κ3) is 6.29. The topological polar surface area (TPSA) is 49.4 Å². The normalized spacial score (nSPS) is 10.3. The number of anilines is 1. The minimum Gasteiger partial charge on any atom is -0.336 e. The largest absolute Gasteiger partial charge is 0.336 e. The number of likely N-dealkylation sites (N-methyl/N-ethyl adjacent to an activating group) is 1. The van der Waals surface area contributed by atoms with Crippen LogP contribution in [-0.2, 0) is 9.59 Å². The number of nitrogens with zero attached hydrogens (tertiary/aromatic N) is 1. The smallest absolute Gasteiger partial charge is 0.243 e. The average molecular weight is 280 g/mol. The van der Waals surface area contributed by atoms with Crippen molar-refractivity contribution in [2.24, 2.45) is 0 Å². The van der Waals surface area contributed by atoms with Crippen molar-refractivity contribution in [1.82, 2.24) is 4.90 Å². The van der Waals surface area contributed by atoms with E-state index in [0.717, 1.165) is 5.69 Å². The van der Waals surface area contributed by atoms with Crippen LogP contribution in [0.15, 0.2) is 30.3 Å². The Balaban J connectivity index is 2.37. The molecule has 0 spiro atoms. The Morgan fingerprint density at radius 1 is 1.26 bits per heavy atom. The first kappa shape index (κ1) is 15.6. The number of rotatable bonds is 6. The molecule has 0 bridgehead atoms. The van der Waals surface area contributed by atoms with Gasteiger partial charge in [0, 0.05) is 12.7 Å². The molecular weight excluding hydrogens is 260 g/mol. The van der Waals surface area contributed by atoms with E-state index < -0.39 is 0 Å². The van der Waals surface area contributed by atoms with Gasteiger partial charge in [-0.3, -0.25) is 9.59 Å². The van der Waals surface area contributed by atoms with Crippen molar-refractivity contribution < 1.29 is 9.59 Å². The van der Waals surface area contributed by atoms with E-state index in [9.17, 15) is 9.59 Å². The summed E-state index contributed by atoms with van der Waals surface area (Å²) in [6.45, 7) is 4.16. The predicted octanol–water partition coefficient (Wildman–Crippen LogP) is 2.23. The molecule has 104 valence electrons. The third-order valence-electron chi connectivity index (χ3n) is 2.40. The van der Waals surface area contributed by atoms with Crippen LogP contribution in [0.25, 0.3) is 0 Å². The molecule has 0 atom stereocenters. The molecular formula is C14H20N2O2S. The summed E-state index contributed by atoms with van der Waals surface area (Å²) in [4.78, 5) is 25.0. The van der Waals surface area contributed by atoms with Crippen molar-refractivity contribution in [2.75, 3.05) is 24.7 Å². The van der Waals surface area contributed by atoms with E-state index in [1.165, 1.54) is 4.90 Å². The summed E-state index contributed by atoms with van der Waals surface area (Å²) in [5.74, 6) is 0.200. The molecule has 1 rings (SSSR count). The molecule has 19 heavy (non-hydrogen) atoms. The van der Waals surface area contributed by atoms with E-state index in [1.54, 1.807) is 18.8 Å². The van der Waals surface area contributed by atoms with E-state index in [2.05, 4.69) is 5.32 Å². The lowest BCUT2D eigenvalue weighted by atomic mass is 10.3. The molecule has 0 unspecified atom stereocenters. The fourth-order valence-electron chi connectivity index (χ4n) is 1.37. The van der Waals surface area contributed by atoms with Crippen molar-refractivity contribution in [2.45, 2.75) is 19.1 Å². The van der Waals surface area contributed by atoms with Gasteiger partial charge in [0.15, 0.2) is 0 Å². The molecule has 1 aromatic carbocycles. The second-order valence-corrected chi connectivity index (χ2v) is 6.09. The van der Waals surface area contributed by atoms with Crippen molar-refractivity contribution >= 4 is 29.3 Å². The lowest BCUT2D eigenvalue weighted by Crippen LogP contribution is -2.36. The van der Waals surface area contributed by atoms with Crippen molar-refractivity contribution in [1.29, 1.82) is 0 Å². The first-order valence-electron chi connectivity index (χ1n) is 6.19.